The predicted molar refractivity (Wildman–Crippen MR) is 109 cm³/mol. The van der Waals surface area contributed by atoms with Gasteiger partial charge in [0, 0.05) is 18.9 Å². The third-order valence-electron chi connectivity index (χ3n) is 4.38. The maximum Gasteiger partial charge on any atom is 0.466 e. The fourth-order valence-corrected chi connectivity index (χ4v) is 3.01. The number of imidazole rings is 1. The SMILES string of the molecule is Cc1nccn1CCC(C#N)(c1ccccc1)c1ccccc1.O.O=P(O)(O)O. The molecular formula is C20H24N3O5P. The monoisotopic (exact) mass is 417 g/mol. The van der Waals surface area contributed by atoms with Crippen molar-refractivity contribution < 1.29 is 24.7 Å². The van der Waals surface area contributed by atoms with Crippen LogP contribution in [0.15, 0.2) is 73.1 Å². The minimum absolute atomic E-state index is 0. The summed E-state index contributed by atoms with van der Waals surface area (Å²) in [5, 5.41) is 10.1. The quantitative estimate of drug-likeness (QED) is 0.542. The lowest BCUT2D eigenvalue weighted by Crippen LogP contribution is -2.27. The van der Waals surface area contributed by atoms with Crippen LogP contribution in [0.3, 0.4) is 0 Å². The third kappa shape index (κ3) is 6.95. The van der Waals surface area contributed by atoms with Gasteiger partial charge in [0.1, 0.15) is 11.2 Å². The minimum Gasteiger partial charge on any atom is -0.412 e. The van der Waals surface area contributed by atoms with Gasteiger partial charge in [-0.1, -0.05) is 60.7 Å². The Hall–Kier alpha value is -2.79. The van der Waals surface area contributed by atoms with E-state index in [2.05, 4.69) is 15.6 Å². The fraction of sp³-hybridized carbons (Fsp3) is 0.200. The summed E-state index contributed by atoms with van der Waals surface area (Å²) in [5.74, 6) is 0.970. The summed E-state index contributed by atoms with van der Waals surface area (Å²) in [6, 6.07) is 22.7. The van der Waals surface area contributed by atoms with Gasteiger partial charge < -0.3 is 24.7 Å². The number of hydrogen-bond donors (Lipinski definition) is 3. The van der Waals surface area contributed by atoms with Crippen molar-refractivity contribution in [1.29, 1.82) is 5.26 Å². The van der Waals surface area contributed by atoms with Crippen molar-refractivity contribution in [3.8, 4) is 6.07 Å². The molecule has 1 aromatic heterocycles. The Labute approximate surface area is 169 Å². The normalized spacial score (nSPS) is 10.9. The van der Waals surface area contributed by atoms with Crippen LogP contribution in [0.2, 0.25) is 0 Å². The van der Waals surface area contributed by atoms with E-state index < -0.39 is 13.2 Å². The van der Waals surface area contributed by atoms with Gasteiger partial charge in [-0.05, 0) is 24.5 Å². The molecule has 0 fully saturated rings. The van der Waals surface area contributed by atoms with Crippen molar-refractivity contribution in [2.24, 2.45) is 0 Å². The Morgan fingerprint density at radius 3 is 1.83 bits per heavy atom. The Balaban J connectivity index is 0.000000628. The molecule has 8 nitrogen and oxygen atoms in total. The molecule has 2 aromatic carbocycles. The summed E-state index contributed by atoms with van der Waals surface area (Å²) in [5.41, 5.74) is 1.41. The summed E-state index contributed by atoms with van der Waals surface area (Å²) in [6.07, 6.45) is 4.47. The van der Waals surface area contributed by atoms with Gasteiger partial charge in [-0.2, -0.15) is 5.26 Å². The zero-order valence-corrected chi connectivity index (χ0v) is 16.8. The summed E-state index contributed by atoms with van der Waals surface area (Å²) in [4.78, 5) is 25.8. The van der Waals surface area contributed by atoms with Crippen molar-refractivity contribution in [2.45, 2.75) is 25.3 Å². The molecule has 0 radical (unpaired) electrons. The highest BCUT2D eigenvalue weighted by atomic mass is 31.2. The first kappa shape index (κ1) is 24.2. The molecule has 0 unspecified atom stereocenters. The predicted octanol–water partition coefficient (Wildman–Crippen LogP) is 2.34. The standard InChI is InChI=1S/C20H19N3.H3O4P.H2O/c1-17-22-13-15-23(17)14-12-20(16-21,18-8-4-2-5-9-18)19-10-6-3-7-11-19;1-5(2,3)4;/h2-11,13,15H,12,14H2,1H3;(H3,1,2,3,4);1H2. The highest BCUT2D eigenvalue weighted by Crippen LogP contribution is 2.35. The van der Waals surface area contributed by atoms with E-state index in [1.165, 1.54) is 0 Å². The molecule has 3 rings (SSSR count). The molecule has 0 saturated heterocycles. The zero-order chi connectivity index (χ0) is 20.6. The van der Waals surface area contributed by atoms with E-state index in [4.69, 9.17) is 19.2 Å². The van der Waals surface area contributed by atoms with Gasteiger partial charge in [-0.25, -0.2) is 9.55 Å². The Kier molecular flexibility index (Phi) is 8.92. The van der Waals surface area contributed by atoms with Crippen molar-refractivity contribution in [3.63, 3.8) is 0 Å². The molecule has 0 spiro atoms. The van der Waals surface area contributed by atoms with Crippen LogP contribution in [0.25, 0.3) is 0 Å². The number of rotatable bonds is 5. The van der Waals surface area contributed by atoms with Crippen LogP contribution < -0.4 is 0 Å². The van der Waals surface area contributed by atoms with Gasteiger partial charge >= 0.3 is 7.82 Å². The first-order valence-corrected chi connectivity index (χ1v) is 10.1. The zero-order valence-electron chi connectivity index (χ0n) is 15.9. The maximum atomic E-state index is 10.1. The number of benzene rings is 2. The molecule has 3 aromatic rings. The van der Waals surface area contributed by atoms with Crippen molar-refractivity contribution in [3.05, 3.63) is 90.0 Å². The Morgan fingerprint density at radius 2 is 1.48 bits per heavy atom. The molecule has 5 N–H and O–H groups in total. The van der Waals surface area contributed by atoms with Gasteiger partial charge in [0.05, 0.1) is 6.07 Å². The highest BCUT2D eigenvalue weighted by Gasteiger charge is 2.34. The Bertz CT molecular complexity index is 917. The second-order valence-corrected chi connectivity index (χ2v) is 7.21. The number of nitriles is 1. The summed E-state index contributed by atoms with van der Waals surface area (Å²) >= 11 is 0. The summed E-state index contributed by atoms with van der Waals surface area (Å²) in [6.45, 7) is 2.74. The van der Waals surface area contributed by atoms with E-state index in [0.29, 0.717) is 6.42 Å². The van der Waals surface area contributed by atoms with Crippen molar-refractivity contribution in [1.82, 2.24) is 9.55 Å². The average molecular weight is 417 g/mol. The lowest BCUT2D eigenvalue weighted by molar-refractivity contribution is 0.275. The summed E-state index contributed by atoms with van der Waals surface area (Å²) in [7, 11) is -4.64. The first-order valence-electron chi connectivity index (χ1n) is 8.54. The second kappa shape index (κ2) is 10.7. The molecule has 0 aliphatic heterocycles. The first-order chi connectivity index (χ1) is 13.3. The topological polar surface area (TPSA) is 151 Å². The number of hydrogen-bond acceptors (Lipinski definition) is 3. The molecule has 0 saturated carbocycles. The molecule has 154 valence electrons. The van der Waals surface area contributed by atoms with Gasteiger partial charge in [-0.3, -0.25) is 0 Å². The molecule has 29 heavy (non-hydrogen) atoms. The van der Waals surface area contributed by atoms with Crippen LogP contribution in [0.4, 0.5) is 0 Å². The van der Waals surface area contributed by atoms with Gasteiger partial charge in [-0.15, -0.1) is 0 Å². The summed E-state index contributed by atoms with van der Waals surface area (Å²) < 4.78 is 11.0. The third-order valence-corrected chi connectivity index (χ3v) is 4.38. The smallest absolute Gasteiger partial charge is 0.412 e. The lowest BCUT2D eigenvalue weighted by Gasteiger charge is -2.28. The van der Waals surface area contributed by atoms with Gasteiger partial charge in [0.25, 0.3) is 0 Å². The molecule has 1 heterocycles. The number of nitrogens with zero attached hydrogens (tertiary/aromatic N) is 3. The Morgan fingerprint density at radius 1 is 1.03 bits per heavy atom. The van der Waals surface area contributed by atoms with Crippen molar-refractivity contribution >= 4 is 7.82 Å². The molecule has 0 amide bonds. The van der Waals surface area contributed by atoms with Crippen LogP contribution in [-0.2, 0) is 16.5 Å². The average Bonchev–Trinajstić information content (AvgIpc) is 3.08. The van der Waals surface area contributed by atoms with Gasteiger partial charge in [0.15, 0.2) is 0 Å². The maximum absolute atomic E-state index is 10.1. The van der Waals surface area contributed by atoms with E-state index in [9.17, 15) is 5.26 Å². The molecule has 0 atom stereocenters. The van der Waals surface area contributed by atoms with E-state index in [1.807, 2.05) is 73.8 Å². The molecule has 9 heteroatoms. The largest absolute Gasteiger partial charge is 0.466 e. The fourth-order valence-electron chi connectivity index (χ4n) is 3.01. The molecule has 0 aliphatic carbocycles. The van der Waals surface area contributed by atoms with E-state index in [1.54, 1.807) is 6.20 Å². The number of aromatic nitrogens is 2. The van der Waals surface area contributed by atoms with Crippen LogP contribution in [-0.4, -0.2) is 29.7 Å². The molecular weight excluding hydrogens is 393 g/mol. The minimum atomic E-state index is -4.64. The van der Waals surface area contributed by atoms with E-state index >= 15 is 0 Å². The van der Waals surface area contributed by atoms with Crippen molar-refractivity contribution in [2.75, 3.05) is 0 Å². The lowest BCUT2D eigenvalue weighted by atomic mass is 9.73. The molecule has 0 bridgehead atoms. The van der Waals surface area contributed by atoms with Crippen LogP contribution >= 0.6 is 7.82 Å². The van der Waals surface area contributed by atoms with Crippen LogP contribution in [0, 0.1) is 18.3 Å². The van der Waals surface area contributed by atoms with Crippen LogP contribution in [0.1, 0.15) is 23.4 Å². The molecule has 0 aliphatic rings. The van der Waals surface area contributed by atoms with E-state index in [-0.39, 0.29) is 5.48 Å². The van der Waals surface area contributed by atoms with Gasteiger partial charge in [0.2, 0.25) is 0 Å². The van der Waals surface area contributed by atoms with E-state index in [0.717, 1.165) is 23.5 Å². The number of aryl methyl sites for hydroxylation is 2. The highest BCUT2D eigenvalue weighted by molar-refractivity contribution is 7.45. The second-order valence-electron chi connectivity index (χ2n) is 6.18. The van der Waals surface area contributed by atoms with Crippen LogP contribution in [0.5, 0.6) is 0 Å². The number of phosphoric acid groups is 1.